The second-order valence-electron chi connectivity index (χ2n) is 4.01. The number of rotatable bonds is 6. The number of nitrogens with zero attached hydrogens (tertiary/aromatic N) is 4. The Balaban J connectivity index is 1.78. The molecule has 0 unspecified atom stereocenters. The molecule has 0 aliphatic heterocycles. The molecule has 0 saturated heterocycles. The molecule has 0 spiro atoms. The van der Waals surface area contributed by atoms with Crippen molar-refractivity contribution >= 4 is 11.9 Å². The van der Waals surface area contributed by atoms with E-state index in [1.165, 1.54) is 12.1 Å². The Hall–Kier alpha value is -2.77. The van der Waals surface area contributed by atoms with Gasteiger partial charge in [-0.15, -0.1) is 5.10 Å². The van der Waals surface area contributed by atoms with Gasteiger partial charge in [-0.25, -0.2) is 4.79 Å². The SMILES string of the molecule is O=C(O)c1ccc(C(=O)NCCCn2ccnn2)nc1. The molecule has 0 aliphatic carbocycles. The highest BCUT2D eigenvalue weighted by Crippen LogP contribution is 2.00. The maximum absolute atomic E-state index is 11.7. The molecule has 8 heteroatoms. The summed E-state index contributed by atoms with van der Waals surface area (Å²) in [6, 6.07) is 2.73. The number of carboxylic acid groups (broad SMARTS) is 1. The summed E-state index contributed by atoms with van der Waals surface area (Å²) in [7, 11) is 0. The van der Waals surface area contributed by atoms with E-state index in [9.17, 15) is 9.59 Å². The first-order chi connectivity index (χ1) is 9.66. The van der Waals surface area contributed by atoms with Crippen molar-refractivity contribution in [3.05, 3.63) is 42.0 Å². The van der Waals surface area contributed by atoms with Crippen molar-refractivity contribution < 1.29 is 14.7 Å². The number of pyridine rings is 1. The summed E-state index contributed by atoms with van der Waals surface area (Å²) in [5.74, 6) is -1.40. The van der Waals surface area contributed by atoms with E-state index in [1.54, 1.807) is 17.1 Å². The minimum absolute atomic E-state index is 0.0488. The van der Waals surface area contributed by atoms with E-state index in [0.29, 0.717) is 19.5 Å². The molecule has 104 valence electrons. The third-order valence-electron chi connectivity index (χ3n) is 2.56. The zero-order valence-electron chi connectivity index (χ0n) is 10.6. The van der Waals surface area contributed by atoms with Crippen LogP contribution >= 0.6 is 0 Å². The number of amides is 1. The molecule has 2 N–H and O–H groups in total. The molecule has 2 aromatic rings. The van der Waals surface area contributed by atoms with Gasteiger partial charge in [-0.2, -0.15) is 0 Å². The Bertz CT molecular complexity index is 580. The minimum Gasteiger partial charge on any atom is -0.478 e. The third kappa shape index (κ3) is 3.61. The van der Waals surface area contributed by atoms with Gasteiger partial charge in [-0.3, -0.25) is 14.5 Å². The average Bonchev–Trinajstić information content (AvgIpc) is 2.96. The zero-order valence-corrected chi connectivity index (χ0v) is 10.6. The lowest BCUT2D eigenvalue weighted by molar-refractivity contribution is 0.0695. The van der Waals surface area contributed by atoms with Gasteiger partial charge < -0.3 is 10.4 Å². The fourth-order valence-corrected chi connectivity index (χ4v) is 1.54. The molecule has 0 atom stereocenters. The molecule has 2 rings (SSSR count). The molecular weight excluding hydrogens is 262 g/mol. The van der Waals surface area contributed by atoms with Crippen molar-refractivity contribution in [2.45, 2.75) is 13.0 Å². The van der Waals surface area contributed by atoms with Gasteiger partial charge >= 0.3 is 5.97 Å². The summed E-state index contributed by atoms with van der Waals surface area (Å²) < 4.78 is 1.67. The first-order valence-corrected chi connectivity index (χ1v) is 5.98. The number of aromatic carboxylic acids is 1. The van der Waals surface area contributed by atoms with Crippen LogP contribution in [-0.4, -0.2) is 43.5 Å². The standard InChI is InChI=1S/C12H13N5O3/c18-11(10-3-2-9(8-14-10)12(19)20)13-4-1-6-17-7-5-15-16-17/h2-3,5,7-8H,1,4,6H2,(H,13,18)(H,19,20). The van der Waals surface area contributed by atoms with E-state index < -0.39 is 5.97 Å². The van der Waals surface area contributed by atoms with Crippen molar-refractivity contribution in [3.63, 3.8) is 0 Å². The van der Waals surface area contributed by atoms with Gasteiger partial charge in [0, 0.05) is 25.5 Å². The lowest BCUT2D eigenvalue weighted by Gasteiger charge is -2.04. The van der Waals surface area contributed by atoms with Crippen LogP contribution in [0, 0.1) is 0 Å². The van der Waals surface area contributed by atoms with Crippen LogP contribution in [0.3, 0.4) is 0 Å². The highest BCUT2D eigenvalue weighted by atomic mass is 16.4. The molecule has 20 heavy (non-hydrogen) atoms. The second kappa shape index (κ2) is 6.41. The largest absolute Gasteiger partial charge is 0.478 e. The fourth-order valence-electron chi connectivity index (χ4n) is 1.54. The number of carbonyl (C=O) groups is 2. The number of hydrogen-bond donors (Lipinski definition) is 2. The van der Waals surface area contributed by atoms with Crippen LogP contribution in [0.25, 0.3) is 0 Å². The smallest absolute Gasteiger partial charge is 0.337 e. The highest BCUT2D eigenvalue weighted by Gasteiger charge is 2.08. The topological polar surface area (TPSA) is 110 Å². The lowest BCUT2D eigenvalue weighted by atomic mass is 10.2. The first kappa shape index (κ1) is 13.7. The van der Waals surface area contributed by atoms with Gasteiger partial charge in [-0.05, 0) is 18.6 Å². The predicted octanol–water partition coefficient (Wildman–Crippen LogP) is 0.191. The Morgan fingerprint density at radius 2 is 2.20 bits per heavy atom. The molecule has 2 heterocycles. The summed E-state index contributed by atoms with van der Waals surface area (Å²) in [5, 5.41) is 18.9. The number of aromatic nitrogens is 4. The first-order valence-electron chi connectivity index (χ1n) is 5.98. The van der Waals surface area contributed by atoms with E-state index >= 15 is 0 Å². The van der Waals surface area contributed by atoms with Crippen LogP contribution in [0.1, 0.15) is 27.3 Å². The number of carboxylic acids is 1. The summed E-state index contributed by atoms with van der Waals surface area (Å²) in [4.78, 5) is 26.2. The highest BCUT2D eigenvalue weighted by molar-refractivity contribution is 5.93. The van der Waals surface area contributed by atoms with Crippen LogP contribution < -0.4 is 5.32 Å². The van der Waals surface area contributed by atoms with Crippen molar-refractivity contribution in [2.24, 2.45) is 0 Å². The Labute approximate surface area is 114 Å². The molecule has 1 amide bonds. The minimum atomic E-state index is -1.07. The molecule has 8 nitrogen and oxygen atoms in total. The van der Waals surface area contributed by atoms with E-state index in [2.05, 4.69) is 20.6 Å². The van der Waals surface area contributed by atoms with Crippen molar-refractivity contribution in [3.8, 4) is 0 Å². The van der Waals surface area contributed by atoms with Crippen LogP contribution in [0.15, 0.2) is 30.7 Å². The average molecular weight is 275 g/mol. The van der Waals surface area contributed by atoms with Gasteiger partial charge in [0.25, 0.3) is 5.91 Å². The molecule has 0 bridgehead atoms. The summed E-state index contributed by atoms with van der Waals surface area (Å²) in [6.45, 7) is 1.13. The fraction of sp³-hybridized carbons (Fsp3) is 0.250. The molecule has 0 fully saturated rings. The number of hydrogen-bond acceptors (Lipinski definition) is 5. The molecule has 0 saturated carbocycles. The quantitative estimate of drug-likeness (QED) is 0.728. The lowest BCUT2D eigenvalue weighted by Crippen LogP contribution is -2.26. The third-order valence-corrected chi connectivity index (χ3v) is 2.56. The summed E-state index contributed by atoms with van der Waals surface area (Å²) in [5.41, 5.74) is 0.239. The molecular formula is C12H13N5O3. The Morgan fingerprint density at radius 1 is 1.35 bits per heavy atom. The van der Waals surface area contributed by atoms with Crippen molar-refractivity contribution in [2.75, 3.05) is 6.54 Å². The predicted molar refractivity (Wildman–Crippen MR) is 68.2 cm³/mol. The van der Waals surface area contributed by atoms with Crippen LogP contribution in [0.2, 0.25) is 0 Å². The maximum atomic E-state index is 11.7. The van der Waals surface area contributed by atoms with Crippen LogP contribution in [0.5, 0.6) is 0 Å². The van der Waals surface area contributed by atoms with Gasteiger partial charge in [-0.1, -0.05) is 5.21 Å². The normalized spacial score (nSPS) is 10.2. The molecule has 2 aromatic heterocycles. The van der Waals surface area contributed by atoms with Gasteiger partial charge in [0.05, 0.1) is 11.8 Å². The summed E-state index contributed by atoms with van der Waals surface area (Å²) >= 11 is 0. The molecule has 0 aromatic carbocycles. The van der Waals surface area contributed by atoms with E-state index in [1.807, 2.05) is 0 Å². The van der Waals surface area contributed by atoms with Crippen molar-refractivity contribution in [1.29, 1.82) is 0 Å². The summed E-state index contributed by atoms with van der Waals surface area (Å²) in [6.07, 6.45) is 5.20. The molecule has 0 radical (unpaired) electrons. The maximum Gasteiger partial charge on any atom is 0.337 e. The number of aryl methyl sites for hydroxylation is 1. The Morgan fingerprint density at radius 3 is 2.80 bits per heavy atom. The zero-order chi connectivity index (χ0) is 14.4. The van der Waals surface area contributed by atoms with Gasteiger partial charge in [0.1, 0.15) is 5.69 Å². The van der Waals surface area contributed by atoms with E-state index in [0.717, 1.165) is 6.20 Å². The van der Waals surface area contributed by atoms with Gasteiger partial charge in [0.15, 0.2) is 0 Å². The van der Waals surface area contributed by atoms with E-state index in [-0.39, 0.29) is 17.2 Å². The second-order valence-corrected chi connectivity index (χ2v) is 4.01. The van der Waals surface area contributed by atoms with Crippen LogP contribution in [0.4, 0.5) is 0 Å². The Kier molecular flexibility index (Phi) is 4.38. The monoisotopic (exact) mass is 275 g/mol. The van der Waals surface area contributed by atoms with E-state index in [4.69, 9.17) is 5.11 Å². The number of nitrogens with one attached hydrogen (secondary N) is 1. The van der Waals surface area contributed by atoms with Crippen molar-refractivity contribution in [1.82, 2.24) is 25.3 Å². The van der Waals surface area contributed by atoms with Gasteiger partial charge in [0.2, 0.25) is 0 Å². The van der Waals surface area contributed by atoms with Crippen LogP contribution in [-0.2, 0) is 6.54 Å². The number of carbonyl (C=O) groups excluding carboxylic acids is 1. The molecule has 0 aliphatic rings.